The van der Waals surface area contributed by atoms with Crippen molar-refractivity contribution >= 4 is 46.6 Å². The molecule has 4 heterocycles. The molecule has 0 spiro atoms. The third kappa shape index (κ3) is 8.57. The Morgan fingerprint density at radius 1 is 1.12 bits per heavy atom. The van der Waals surface area contributed by atoms with Gasteiger partial charge in [0.15, 0.2) is 0 Å². The summed E-state index contributed by atoms with van der Waals surface area (Å²) in [5.41, 5.74) is 0.433. The van der Waals surface area contributed by atoms with Crippen molar-refractivity contribution in [3.63, 3.8) is 0 Å². The van der Waals surface area contributed by atoms with E-state index in [0.717, 1.165) is 13.1 Å². The molecule has 3 N–H and O–H groups in total. The van der Waals surface area contributed by atoms with Crippen molar-refractivity contribution in [2.45, 2.75) is 43.1 Å². The van der Waals surface area contributed by atoms with Crippen molar-refractivity contribution in [3.05, 3.63) is 81.9 Å². The quantitative estimate of drug-likeness (QED) is 0.211. The predicted octanol–water partition coefficient (Wildman–Crippen LogP) is 4.73. The smallest absolute Gasteiger partial charge is 0.335 e. The lowest BCUT2D eigenvalue weighted by Gasteiger charge is -2.35. The van der Waals surface area contributed by atoms with Crippen LogP contribution in [-0.4, -0.2) is 62.7 Å². The summed E-state index contributed by atoms with van der Waals surface area (Å²) in [6, 6.07) is 12.8. The number of nitrogens with one attached hydrogen (secondary N) is 3. The van der Waals surface area contributed by atoms with Gasteiger partial charge in [-0.05, 0) is 44.2 Å². The van der Waals surface area contributed by atoms with E-state index in [9.17, 15) is 14.0 Å². The van der Waals surface area contributed by atoms with E-state index in [0.29, 0.717) is 63.9 Å². The monoisotopic (exact) mass is 624 g/mol. The van der Waals surface area contributed by atoms with Gasteiger partial charge in [-0.1, -0.05) is 29.4 Å². The molecule has 1 aliphatic rings. The minimum absolute atomic E-state index is 0.159. The number of anilines is 3. The van der Waals surface area contributed by atoms with Crippen molar-refractivity contribution in [1.29, 1.82) is 0 Å². The molecule has 0 saturated carbocycles. The maximum absolute atomic E-state index is 14.7. The van der Waals surface area contributed by atoms with Gasteiger partial charge < -0.3 is 20.4 Å². The Bertz CT molecular complexity index is 1650. The highest BCUT2D eigenvalue weighted by Crippen LogP contribution is 2.33. The summed E-state index contributed by atoms with van der Waals surface area (Å²) >= 11 is 7.37. The van der Waals surface area contributed by atoms with E-state index in [2.05, 4.69) is 54.9 Å². The Morgan fingerprint density at radius 2 is 1.91 bits per heavy atom. The number of carbonyl (C=O) groups excluding carboxylic acids is 1. The second kappa shape index (κ2) is 14.0. The third-order valence-corrected chi connectivity index (χ3v) is 7.79. The topological polar surface area (TPSA) is 138 Å². The summed E-state index contributed by atoms with van der Waals surface area (Å²) in [4.78, 5) is 35.1. The van der Waals surface area contributed by atoms with E-state index < -0.39 is 11.4 Å². The molecule has 1 fully saturated rings. The Morgan fingerprint density at radius 3 is 2.70 bits per heavy atom. The first-order valence-electron chi connectivity index (χ1n) is 13.6. The van der Waals surface area contributed by atoms with Crippen LogP contribution >= 0.6 is 23.4 Å². The van der Waals surface area contributed by atoms with Crippen LogP contribution in [0.25, 0.3) is 11.3 Å². The largest absolute Gasteiger partial charge is 0.427 e. The molecule has 0 radical (unpaired) electrons. The Labute approximate surface area is 256 Å². The van der Waals surface area contributed by atoms with Crippen LogP contribution in [-0.2, 0) is 10.5 Å². The zero-order chi connectivity index (χ0) is 30.3. The molecule has 43 heavy (non-hydrogen) atoms. The summed E-state index contributed by atoms with van der Waals surface area (Å²) in [7, 11) is 0. The molecule has 1 aromatic carbocycles. The zero-order valence-corrected chi connectivity index (χ0v) is 25.1. The van der Waals surface area contributed by atoms with Gasteiger partial charge in [0.05, 0.1) is 17.1 Å². The van der Waals surface area contributed by atoms with Crippen LogP contribution in [0.1, 0.15) is 26.0 Å². The predicted molar refractivity (Wildman–Crippen MR) is 164 cm³/mol. The SMILES string of the molecule is C[C@@H]1CN(CCC(=O)Nc2cc(Nc3cc(-c4cc(Cl)ccc4F)nnc3SCc3cccc(=O)o3)ncn2)C[C@H](C)N1. The molecule has 1 amide bonds. The fourth-order valence-corrected chi connectivity index (χ4v) is 5.74. The van der Waals surface area contributed by atoms with Crippen LogP contribution in [0.15, 0.2) is 69.1 Å². The molecule has 0 aliphatic carbocycles. The van der Waals surface area contributed by atoms with Crippen molar-refractivity contribution in [2.75, 3.05) is 30.3 Å². The standard InChI is InChI=1S/C29H30ClFN8O3S/c1-17-13-39(14-18(2)34-17)9-8-27(40)36-26-12-25(32-16-33-26)35-24-11-23(21-10-19(30)6-7-22(21)31)37-38-29(24)43-15-20-4-3-5-28(41)42-20/h3-7,10-12,16-18,34H,8-9,13-15H2,1-2H3,(H2,32,33,35,36,37,40)/t17-,18+. The lowest BCUT2D eigenvalue weighted by Crippen LogP contribution is -2.54. The van der Waals surface area contributed by atoms with Gasteiger partial charge in [-0.2, -0.15) is 0 Å². The fraction of sp³-hybridized carbons (Fsp3) is 0.310. The summed E-state index contributed by atoms with van der Waals surface area (Å²) in [5, 5.41) is 18.8. The summed E-state index contributed by atoms with van der Waals surface area (Å²) < 4.78 is 19.9. The number of amides is 1. The average molecular weight is 625 g/mol. The van der Waals surface area contributed by atoms with Gasteiger partial charge in [0, 0.05) is 60.9 Å². The maximum Gasteiger partial charge on any atom is 0.335 e. The maximum atomic E-state index is 14.7. The molecule has 1 saturated heterocycles. The highest BCUT2D eigenvalue weighted by molar-refractivity contribution is 7.98. The number of carbonyl (C=O) groups is 1. The molecule has 2 atom stereocenters. The van der Waals surface area contributed by atoms with Gasteiger partial charge in [-0.15, -0.1) is 10.2 Å². The zero-order valence-electron chi connectivity index (χ0n) is 23.5. The summed E-state index contributed by atoms with van der Waals surface area (Å²) in [5.74, 6) is 0.773. The number of aromatic nitrogens is 4. The van der Waals surface area contributed by atoms with Gasteiger partial charge >= 0.3 is 5.63 Å². The van der Waals surface area contributed by atoms with Crippen LogP contribution in [0, 0.1) is 5.82 Å². The number of benzene rings is 1. The van der Waals surface area contributed by atoms with Gasteiger partial charge in [-0.25, -0.2) is 19.2 Å². The van der Waals surface area contributed by atoms with Crippen molar-refractivity contribution in [3.8, 4) is 11.3 Å². The number of hydrogen-bond acceptors (Lipinski definition) is 11. The Balaban J connectivity index is 1.33. The normalized spacial score (nSPS) is 17.0. The number of hydrogen-bond donors (Lipinski definition) is 3. The molecule has 1 aliphatic heterocycles. The molecule has 11 nitrogen and oxygen atoms in total. The van der Waals surface area contributed by atoms with Crippen LogP contribution < -0.4 is 21.6 Å². The van der Waals surface area contributed by atoms with Gasteiger partial charge in [-0.3, -0.25) is 9.69 Å². The van der Waals surface area contributed by atoms with Crippen LogP contribution in [0.4, 0.5) is 21.7 Å². The van der Waals surface area contributed by atoms with E-state index in [-0.39, 0.29) is 17.2 Å². The lowest BCUT2D eigenvalue weighted by atomic mass is 10.1. The van der Waals surface area contributed by atoms with Crippen LogP contribution in [0.3, 0.4) is 0 Å². The first-order valence-corrected chi connectivity index (χ1v) is 15.0. The van der Waals surface area contributed by atoms with Crippen LogP contribution in [0.2, 0.25) is 5.02 Å². The molecule has 0 unspecified atom stereocenters. The minimum Gasteiger partial charge on any atom is -0.427 e. The van der Waals surface area contributed by atoms with Crippen molar-refractivity contribution in [2.24, 2.45) is 0 Å². The Kier molecular flexibility index (Phi) is 9.97. The van der Waals surface area contributed by atoms with Gasteiger partial charge in [0.2, 0.25) is 5.91 Å². The Hall–Kier alpha value is -3.91. The highest BCUT2D eigenvalue weighted by atomic mass is 35.5. The molecule has 4 aromatic rings. The third-order valence-electron chi connectivity index (χ3n) is 6.55. The first kappa shape index (κ1) is 30.5. The van der Waals surface area contributed by atoms with Crippen molar-refractivity contribution < 1.29 is 13.6 Å². The molecule has 5 rings (SSSR count). The minimum atomic E-state index is -0.507. The number of piperazine rings is 1. The second-order valence-electron chi connectivity index (χ2n) is 10.2. The van der Waals surface area contributed by atoms with Gasteiger partial charge in [0.1, 0.15) is 34.6 Å². The molecule has 224 valence electrons. The summed E-state index contributed by atoms with van der Waals surface area (Å²) in [6.07, 6.45) is 1.65. The van der Waals surface area contributed by atoms with Crippen molar-refractivity contribution in [1.82, 2.24) is 30.4 Å². The highest BCUT2D eigenvalue weighted by Gasteiger charge is 2.21. The van der Waals surface area contributed by atoms with E-state index in [1.54, 1.807) is 24.3 Å². The second-order valence-corrected chi connectivity index (χ2v) is 11.6. The molecule has 14 heteroatoms. The summed E-state index contributed by atoms with van der Waals surface area (Å²) in [6.45, 7) is 6.68. The lowest BCUT2D eigenvalue weighted by molar-refractivity contribution is -0.116. The van der Waals surface area contributed by atoms with E-state index in [1.807, 2.05) is 0 Å². The van der Waals surface area contributed by atoms with Gasteiger partial charge in [0.25, 0.3) is 0 Å². The van der Waals surface area contributed by atoms with E-state index in [4.69, 9.17) is 16.0 Å². The fourth-order valence-electron chi connectivity index (χ4n) is 4.77. The molecule has 3 aromatic heterocycles. The number of thioether (sulfide) groups is 1. The number of halogens is 2. The first-order chi connectivity index (χ1) is 20.7. The van der Waals surface area contributed by atoms with Crippen LogP contribution in [0.5, 0.6) is 0 Å². The molecule has 0 bridgehead atoms. The van der Waals surface area contributed by atoms with E-state index >= 15 is 0 Å². The average Bonchev–Trinajstić information content (AvgIpc) is 2.96. The number of nitrogens with zero attached hydrogens (tertiary/aromatic N) is 5. The molecular weight excluding hydrogens is 595 g/mol. The number of rotatable bonds is 10. The van der Waals surface area contributed by atoms with E-state index in [1.165, 1.54) is 42.4 Å². The molecular formula is C29H30ClFN8O3S.